The van der Waals surface area contributed by atoms with E-state index < -0.39 is 6.10 Å². The molecule has 2 rings (SSSR count). The highest BCUT2D eigenvalue weighted by Gasteiger charge is 2.38. The standard InChI is InChI=1S/C14H18O4/c1-16-10-5-4-6-11(17-2)12(10)13(15)14(18-3)9-7-8-9/h4-6,9,14H,7-8H2,1-3H3. The van der Waals surface area contributed by atoms with Crippen molar-refractivity contribution in [2.45, 2.75) is 18.9 Å². The molecule has 1 aromatic carbocycles. The zero-order valence-corrected chi connectivity index (χ0v) is 10.9. The van der Waals surface area contributed by atoms with E-state index in [0.717, 1.165) is 12.8 Å². The van der Waals surface area contributed by atoms with E-state index in [1.54, 1.807) is 39.5 Å². The summed E-state index contributed by atoms with van der Waals surface area (Å²) in [5.74, 6) is 1.33. The van der Waals surface area contributed by atoms with Crippen LogP contribution in [-0.4, -0.2) is 33.2 Å². The van der Waals surface area contributed by atoms with E-state index >= 15 is 0 Å². The number of carbonyl (C=O) groups excluding carboxylic acids is 1. The van der Waals surface area contributed by atoms with Crippen molar-refractivity contribution in [3.05, 3.63) is 23.8 Å². The lowest BCUT2D eigenvalue weighted by Crippen LogP contribution is -2.26. The zero-order valence-electron chi connectivity index (χ0n) is 10.9. The highest BCUT2D eigenvalue weighted by atomic mass is 16.5. The van der Waals surface area contributed by atoms with E-state index in [1.807, 2.05) is 0 Å². The summed E-state index contributed by atoms with van der Waals surface area (Å²) in [7, 11) is 4.66. The molecule has 1 atom stereocenters. The van der Waals surface area contributed by atoms with Crippen LogP contribution in [0.3, 0.4) is 0 Å². The minimum Gasteiger partial charge on any atom is -0.496 e. The largest absolute Gasteiger partial charge is 0.496 e. The molecule has 0 radical (unpaired) electrons. The molecule has 0 aliphatic heterocycles. The van der Waals surface area contributed by atoms with Crippen molar-refractivity contribution in [2.75, 3.05) is 21.3 Å². The Morgan fingerprint density at radius 1 is 1.17 bits per heavy atom. The van der Waals surface area contributed by atoms with E-state index in [0.29, 0.717) is 23.0 Å². The molecule has 4 heteroatoms. The van der Waals surface area contributed by atoms with Gasteiger partial charge in [-0.2, -0.15) is 0 Å². The normalized spacial score (nSPS) is 16.2. The average Bonchev–Trinajstić information content (AvgIpc) is 3.22. The Kier molecular flexibility index (Phi) is 3.87. The van der Waals surface area contributed by atoms with E-state index in [2.05, 4.69) is 0 Å². The van der Waals surface area contributed by atoms with Crippen LogP contribution in [0.1, 0.15) is 23.2 Å². The predicted molar refractivity (Wildman–Crippen MR) is 67.4 cm³/mol. The first kappa shape index (κ1) is 12.9. The number of ketones is 1. The minimum absolute atomic E-state index is 0.0608. The van der Waals surface area contributed by atoms with Gasteiger partial charge in [0.1, 0.15) is 23.2 Å². The molecule has 0 aromatic heterocycles. The Balaban J connectivity index is 2.38. The first-order chi connectivity index (χ1) is 8.72. The monoisotopic (exact) mass is 250 g/mol. The second-order valence-electron chi connectivity index (χ2n) is 4.40. The van der Waals surface area contributed by atoms with Crippen molar-refractivity contribution in [1.82, 2.24) is 0 Å². The van der Waals surface area contributed by atoms with Gasteiger partial charge in [-0.25, -0.2) is 0 Å². The Bertz CT molecular complexity index is 415. The van der Waals surface area contributed by atoms with Gasteiger partial charge in [0.25, 0.3) is 0 Å². The van der Waals surface area contributed by atoms with Crippen molar-refractivity contribution >= 4 is 5.78 Å². The van der Waals surface area contributed by atoms with Gasteiger partial charge in [0.15, 0.2) is 5.78 Å². The van der Waals surface area contributed by atoms with Gasteiger partial charge in [-0.3, -0.25) is 4.79 Å². The van der Waals surface area contributed by atoms with E-state index in [1.165, 1.54) is 0 Å². The van der Waals surface area contributed by atoms with Crippen LogP contribution in [0.2, 0.25) is 0 Å². The van der Waals surface area contributed by atoms with Crippen molar-refractivity contribution in [2.24, 2.45) is 5.92 Å². The molecule has 0 spiro atoms. The molecule has 98 valence electrons. The van der Waals surface area contributed by atoms with Crippen LogP contribution in [0.15, 0.2) is 18.2 Å². The van der Waals surface area contributed by atoms with E-state index in [9.17, 15) is 4.79 Å². The third-order valence-electron chi connectivity index (χ3n) is 3.24. The molecule has 4 nitrogen and oxygen atoms in total. The third-order valence-corrected chi connectivity index (χ3v) is 3.24. The quantitative estimate of drug-likeness (QED) is 0.727. The van der Waals surface area contributed by atoms with Gasteiger partial charge in [0.2, 0.25) is 0 Å². The maximum Gasteiger partial charge on any atom is 0.199 e. The molecule has 1 aliphatic carbocycles. The van der Waals surface area contributed by atoms with Crippen LogP contribution >= 0.6 is 0 Å². The van der Waals surface area contributed by atoms with Gasteiger partial charge in [0, 0.05) is 7.11 Å². The Labute approximate surface area is 107 Å². The Morgan fingerprint density at radius 2 is 1.72 bits per heavy atom. The van der Waals surface area contributed by atoms with Crippen molar-refractivity contribution < 1.29 is 19.0 Å². The van der Waals surface area contributed by atoms with Crippen molar-refractivity contribution in [1.29, 1.82) is 0 Å². The third kappa shape index (κ3) is 2.34. The summed E-state index contributed by atoms with van der Waals surface area (Å²) < 4.78 is 15.8. The highest BCUT2D eigenvalue weighted by molar-refractivity contribution is 6.04. The van der Waals surface area contributed by atoms with Crippen LogP contribution in [0, 0.1) is 5.92 Å². The molecule has 1 saturated carbocycles. The summed E-state index contributed by atoms with van der Waals surface area (Å²) in [4.78, 5) is 12.5. The number of rotatable bonds is 6. The van der Waals surface area contributed by atoms with Crippen molar-refractivity contribution in [3.63, 3.8) is 0 Å². The molecule has 0 N–H and O–H groups in total. The number of hydrogen-bond acceptors (Lipinski definition) is 4. The lowest BCUT2D eigenvalue weighted by Gasteiger charge is -2.17. The molecule has 1 fully saturated rings. The second kappa shape index (κ2) is 5.40. The predicted octanol–water partition coefficient (Wildman–Crippen LogP) is 2.31. The molecule has 1 aromatic rings. The van der Waals surface area contributed by atoms with Gasteiger partial charge in [0.05, 0.1) is 14.2 Å². The molecule has 0 heterocycles. The molecule has 0 bridgehead atoms. The fourth-order valence-corrected chi connectivity index (χ4v) is 2.15. The van der Waals surface area contributed by atoms with Crippen molar-refractivity contribution in [3.8, 4) is 11.5 Å². The smallest absolute Gasteiger partial charge is 0.199 e. The molecule has 0 amide bonds. The van der Waals surface area contributed by atoms with Crippen LogP contribution < -0.4 is 9.47 Å². The van der Waals surface area contributed by atoms with Crippen LogP contribution in [0.4, 0.5) is 0 Å². The number of hydrogen-bond donors (Lipinski definition) is 0. The lowest BCUT2D eigenvalue weighted by molar-refractivity contribution is 0.0534. The first-order valence-electron chi connectivity index (χ1n) is 6.01. The number of carbonyl (C=O) groups is 1. The molecule has 0 saturated heterocycles. The van der Waals surface area contributed by atoms with Gasteiger partial charge in [-0.05, 0) is 30.9 Å². The SMILES string of the molecule is COc1cccc(OC)c1C(=O)C(OC)C1CC1. The summed E-state index contributed by atoms with van der Waals surface area (Å²) in [6.45, 7) is 0. The van der Waals surface area contributed by atoms with E-state index in [-0.39, 0.29) is 5.78 Å². The zero-order chi connectivity index (χ0) is 13.1. The summed E-state index contributed by atoms with van der Waals surface area (Å²) in [6.07, 6.45) is 1.69. The fraction of sp³-hybridized carbons (Fsp3) is 0.500. The number of methoxy groups -OCH3 is 3. The molecule has 1 aliphatic rings. The number of benzene rings is 1. The number of Topliss-reactive ketones (excluding diaryl/α,β-unsaturated/α-hetero) is 1. The topological polar surface area (TPSA) is 44.8 Å². The Morgan fingerprint density at radius 3 is 2.11 bits per heavy atom. The van der Waals surface area contributed by atoms with Gasteiger partial charge in [-0.15, -0.1) is 0 Å². The fourth-order valence-electron chi connectivity index (χ4n) is 2.15. The second-order valence-corrected chi connectivity index (χ2v) is 4.40. The highest BCUT2D eigenvalue weighted by Crippen LogP contribution is 2.38. The summed E-state index contributed by atoms with van der Waals surface area (Å²) in [5.41, 5.74) is 0.473. The van der Waals surface area contributed by atoms with Crippen LogP contribution in [-0.2, 0) is 4.74 Å². The summed E-state index contributed by atoms with van der Waals surface area (Å²) in [6, 6.07) is 5.32. The molecule has 1 unspecified atom stereocenters. The lowest BCUT2D eigenvalue weighted by atomic mass is 10.0. The van der Waals surface area contributed by atoms with Gasteiger partial charge in [-0.1, -0.05) is 6.07 Å². The molecular weight excluding hydrogens is 232 g/mol. The average molecular weight is 250 g/mol. The van der Waals surface area contributed by atoms with Gasteiger partial charge >= 0.3 is 0 Å². The molecule has 18 heavy (non-hydrogen) atoms. The summed E-state index contributed by atoms with van der Waals surface area (Å²) in [5, 5.41) is 0. The van der Waals surface area contributed by atoms with Crippen LogP contribution in [0.5, 0.6) is 11.5 Å². The van der Waals surface area contributed by atoms with E-state index in [4.69, 9.17) is 14.2 Å². The maximum absolute atomic E-state index is 12.5. The van der Waals surface area contributed by atoms with Gasteiger partial charge < -0.3 is 14.2 Å². The molecular formula is C14H18O4. The Hall–Kier alpha value is -1.55. The summed E-state index contributed by atoms with van der Waals surface area (Å²) >= 11 is 0. The first-order valence-corrected chi connectivity index (χ1v) is 6.01. The minimum atomic E-state index is -0.393. The number of ether oxygens (including phenoxy) is 3. The maximum atomic E-state index is 12.5. The van der Waals surface area contributed by atoms with Crippen LogP contribution in [0.25, 0.3) is 0 Å².